The largest absolute Gasteiger partial charge is 0.481 e. The van der Waals surface area contributed by atoms with E-state index in [-0.39, 0.29) is 11.6 Å². The standard InChI is InChI=1S/C13H8Cl3NO2/c14-7-1-4-11(15)10(5-7)9-3-2-8(6-12(18)19)17-13(9)16/h1-5H,6H2,(H,18,19). The van der Waals surface area contributed by atoms with Gasteiger partial charge in [0.1, 0.15) is 5.15 Å². The summed E-state index contributed by atoms with van der Waals surface area (Å²) >= 11 is 18.1. The lowest BCUT2D eigenvalue weighted by Gasteiger charge is -2.08. The SMILES string of the molecule is O=C(O)Cc1ccc(-c2cc(Cl)ccc2Cl)c(Cl)n1. The Hall–Kier alpha value is -1.29. The van der Waals surface area contributed by atoms with Gasteiger partial charge in [-0.05, 0) is 30.3 Å². The average molecular weight is 317 g/mol. The first-order valence-electron chi connectivity index (χ1n) is 5.30. The van der Waals surface area contributed by atoms with Crippen molar-refractivity contribution in [2.75, 3.05) is 0 Å². The van der Waals surface area contributed by atoms with Gasteiger partial charge < -0.3 is 5.11 Å². The van der Waals surface area contributed by atoms with Gasteiger partial charge in [0.2, 0.25) is 0 Å². The van der Waals surface area contributed by atoms with Crippen molar-refractivity contribution < 1.29 is 9.90 Å². The maximum atomic E-state index is 10.6. The Bertz CT molecular complexity index is 644. The zero-order valence-corrected chi connectivity index (χ0v) is 11.8. The Labute approximate surface area is 124 Å². The zero-order chi connectivity index (χ0) is 14.0. The summed E-state index contributed by atoms with van der Waals surface area (Å²) in [5, 5.41) is 9.93. The molecule has 0 fully saturated rings. The van der Waals surface area contributed by atoms with E-state index in [9.17, 15) is 4.79 Å². The number of hydrogen-bond donors (Lipinski definition) is 1. The van der Waals surface area contributed by atoms with Gasteiger partial charge >= 0.3 is 5.97 Å². The fourth-order valence-electron chi connectivity index (χ4n) is 1.63. The maximum absolute atomic E-state index is 10.6. The van der Waals surface area contributed by atoms with E-state index in [2.05, 4.69) is 4.98 Å². The molecule has 1 N–H and O–H groups in total. The predicted molar refractivity (Wildman–Crippen MR) is 76.0 cm³/mol. The van der Waals surface area contributed by atoms with Crippen LogP contribution in [-0.4, -0.2) is 16.1 Å². The molecular weight excluding hydrogens is 309 g/mol. The van der Waals surface area contributed by atoms with Crippen LogP contribution in [0.3, 0.4) is 0 Å². The lowest BCUT2D eigenvalue weighted by Crippen LogP contribution is -2.02. The summed E-state index contributed by atoms with van der Waals surface area (Å²) in [6, 6.07) is 8.32. The summed E-state index contributed by atoms with van der Waals surface area (Å²) in [4.78, 5) is 14.7. The number of hydrogen-bond acceptors (Lipinski definition) is 2. The van der Waals surface area contributed by atoms with Gasteiger partial charge in [0.15, 0.2) is 0 Å². The van der Waals surface area contributed by atoms with E-state index < -0.39 is 5.97 Å². The van der Waals surface area contributed by atoms with Gasteiger partial charge in [-0.1, -0.05) is 34.8 Å². The molecule has 1 aromatic carbocycles. The van der Waals surface area contributed by atoms with Crippen molar-refractivity contribution in [1.82, 2.24) is 4.98 Å². The van der Waals surface area contributed by atoms with Crippen molar-refractivity contribution in [2.45, 2.75) is 6.42 Å². The van der Waals surface area contributed by atoms with Crippen LogP contribution in [0.4, 0.5) is 0 Å². The number of carbonyl (C=O) groups is 1. The Morgan fingerprint density at radius 3 is 2.47 bits per heavy atom. The fourth-order valence-corrected chi connectivity index (χ4v) is 2.29. The quantitative estimate of drug-likeness (QED) is 0.857. The van der Waals surface area contributed by atoms with E-state index in [0.717, 1.165) is 0 Å². The van der Waals surface area contributed by atoms with E-state index in [4.69, 9.17) is 39.9 Å². The molecule has 0 unspecified atom stereocenters. The van der Waals surface area contributed by atoms with Gasteiger partial charge in [0, 0.05) is 21.2 Å². The fraction of sp³-hybridized carbons (Fsp3) is 0.0769. The number of pyridine rings is 1. The second-order valence-corrected chi connectivity index (χ2v) is 5.04. The molecule has 0 atom stereocenters. The highest BCUT2D eigenvalue weighted by atomic mass is 35.5. The second kappa shape index (κ2) is 5.78. The van der Waals surface area contributed by atoms with Gasteiger partial charge in [0.25, 0.3) is 0 Å². The molecule has 0 bridgehead atoms. The molecule has 0 saturated carbocycles. The number of carboxylic acid groups (broad SMARTS) is 1. The lowest BCUT2D eigenvalue weighted by molar-refractivity contribution is -0.136. The number of aliphatic carboxylic acids is 1. The Kier molecular flexibility index (Phi) is 4.30. The highest BCUT2D eigenvalue weighted by molar-refractivity contribution is 6.37. The van der Waals surface area contributed by atoms with Gasteiger partial charge in [-0.25, -0.2) is 4.98 Å². The van der Waals surface area contributed by atoms with E-state index >= 15 is 0 Å². The molecule has 0 saturated heterocycles. The molecule has 0 spiro atoms. The molecule has 98 valence electrons. The number of benzene rings is 1. The van der Waals surface area contributed by atoms with Gasteiger partial charge in [-0.15, -0.1) is 0 Å². The molecule has 0 aliphatic rings. The monoisotopic (exact) mass is 315 g/mol. The maximum Gasteiger partial charge on any atom is 0.309 e. The Morgan fingerprint density at radius 2 is 1.84 bits per heavy atom. The third-order valence-electron chi connectivity index (χ3n) is 2.46. The molecule has 19 heavy (non-hydrogen) atoms. The first-order valence-corrected chi connectivity index (χ1v) is 6.43. The number of rotatable bonds is 3. The smallest absolute Gasteiger partial charge is 0.309 e. The lowest BCUT2D eigenvalue weighted by atomic mass is 10.1. The van der Waals surface area contributed by atoms with Crippen LogP contribution in [0.1, 0.15) is 5.69 Å². The van der Waals surface area contributed by atoms with E-state index in [1.165, 1.54) is 0 Å². The first-order chi connectivity index (χ1) is 8.97. The highest BCUT2D eigenvalue weighted by Gasteiger charge is 2.11. The number of nitrogens with zero attached hydrogens (tertiary/aromatic N) is 1. The molecule has 6 heteroatoms. The highest BCUT2D eigenvalue weighted by Crippen LogP contribution is 2.34. The average Bonchev–Trinajstić information content (AvgIpc) is 2.32. The number of carboxylic acids is 1. The van der Waals surface area contributed by atoms with Crippen LogP contribution in [0.25, 0.3) is 11.1 Å². The molecule has 2 rings (SSSR count). The predicted octanol–water partition coefficient (Wildman–Crippen LogP) is 4.34. The van der Waals surface area contributed by atoms with Crippen LogP contribution in [-0.2, 0) is 11.2 Å². The van der Waals surface area contributed by atoms with Gasteiger partial charge in [-0.3, -0.25) is 4.79 Å². The third kappa shape index (κ3) is 3.38. The van der Waals surface area contributed by atoms with Gasteiger partial charge in [0.05, 0.1) is 12.1 Å². The van der Waals surface area contributed by atoms with Crippen molar-refractivity contribution in [2.24, 2.45) is 0 Å². The molecule has 0 aliphatic carbocycles. The molecule has 0 amide bonds. The Morgan fingerprint density at radius 1 is 1.11 bits per heavy atom. The van der Waals surface area contributed by atoms with Crippen molar-refractivity contribution >= 4 is 40.8 Å². The zero-order valence-electron chi connectivity index (χ0n) is 9.53. The summed E-state index contributed by atoms with van der Waals surface area (Å²) in [6.45, 7) is 0. The molecule has 0 radical (unpaired) electrons. The van der Waals surface area contributed by atoms with Crippen LogP contribution < -0.4 is 0 Å². The van der Waals surface area contributed by atoms with Crippen LogP contribution in [0.2, 0.25) is 15.2 Å². The van der Waals surface area contributed by atoms with Crippen molar-refractivity contribution in [3.63, 3.8) is 0 Å². The van der Waals surface area contributed by atoms with Crippen molar-refractivity contribution in [3.8, 4) is 11.1 Å². The topological polar surface area (TPSA) is 50.2 Å². The summed E-state index contributed by atoms with van der Waals surface area (Å²) in [5.41, 5.74) is 1.66. The van der Waals surface area contributed by atoms with E-state index in [0.29, 0.717) is 26.9 Å². The van der Waals surface area contributed by atoms with Gasteiger partial charge in [-0.2, -0.15) is 0 Å². The normalized spacial score (nSPS) is 10.5. The molecule has 3 nitrogen and oxygen atoms in total. The molecule has 1 aromatic heterocycles. The molecule has 0 aliphatic heterocycles. The van der Waals surface area contributed by atoms with Crippen LogP contribution in [0.5, 0.6) is 0 Å². The number of aromatic nitrogens is 1. The molecule has 2 aromatic rings. The molecule has 1 heterocycles. The summed E-state index contributed by atoms with van der Waals surface area (Å²) < 4.78 is 0. The van der Waals surface area contributed by atoms with Crippen LogP contribution >= 0.6 is 34.8 Å². The second-order valence-electron chi connectivity index (χ2n) is 3.84. The summed E-state index contributed by atoms with van der Waals surface area (Å²) in [7, 11) is 0. The van der Waals surface area contributed by atoms with Crippen molar-refractivity contribution in [1.29, 1.82) is 0 Å². The minimum absolute atomic E-state index is 0.177. The third-order valence-corrected chi connectivity index (χ3v) is 3.31. The molecular formula is C13H8Cl3NO2. The Balaban J connectivity index is 2.46. The van der Waals surface area contributed by atoms with E-state index in [1.807, 2.05) is 0 Å². The van der Waals surface area contributed by atoms with Crippen LogP contribution in [0, 0.1) is 0 Å². The van der Waals surface area contributed by atoms with Crippen LogP contribution in [0.15, 0.2) is 30.3 Å². The van der Waals surface area contributed by atoms with E-state index in [1.54, 1.807) is 30.3 Å². The summed E-state index contributed by atoms with van der Waals surface area (Å²) in [5.74, 6) is -0.961. The van der Waals surface area contributed by atoms with Crippen molar-refractivity contribution in [3.05, 3.63) is 51.2 Å². The number of halogens is 3. The minimum atomic E-state index is -0.961. The summed E-state index contributed by atoms with van der Waals surface area (Å²) in [6.07, 6.45) is -0.177. The first kappa shape index (κ1) is 14.1. The minimum Gasteiger partial charge on any atom is -0.481 e.